The van der Waals surface area contributed by atoms with Crippen LogP contribution in [0.25, 0.3) is 16.4 Å². The molecule has 0 unspecified atom stereocenters. The minimum atomic E-state index is -0.334. The first kappa shape index (κ1) is 7.32. The molecule has 2 heterocycles. The van der Waals surface area contributed by atoms with Crippen LogP contribution in [0.1, 0.15) is 0 Å². The van der Waals surface area contributed by atoms with E-state index < -0.39 is 0 Å². The van der Waals surface area contributed by atoms with E-state index in [1.165, 1.54) is 0 Å². The Morgan fingerprint density at radius 2 is 2.14 bits per heavy atom. The minimum Gasteiger partial charge on any atom is -0.250 e. The van der Waals surface area contributed by atoms with Gasteiger partial charge in [-0.25, -0.2) is 9.89 Å². The number of aromatic amines is 1. The summed E-state index contributed by atoms with van der Waals surface area (Å²) in [5.74, 6) is 0. The number of hydrogen-bond acceptors (Lipinski definition) is 2. The van der Waals surface area contributed by atoms with Crippen molar-refractivity contribution in [2.24, 2.45) is 0 Å². The smallest absolute Gasteiger partial charge is 0.250 e. The van der Waals surface area contributed by atoms with Crippen molar-refractivity contribution in [3.63, 3.8) is 0 Å². The van der Waals surface area contributed by atoms with E-state index in [1.54, 1.807) is 10.7 Å². The van der Waals surface area contributed by atoms with Gasteiger partial charge in [0.2, 0.25) is 0 Å². The second-order valence-electron chi connectivity index (χ2n) is 3.14. The average Bonchev–Trinajstić information content (AvgIpc) is 2.56. The van der Waals surface area contributed by atoms with Crippen molar-refractivity contribution in [3.05, 3.63) is 47.0 Å². The highest BCUT2D eigenvalue weighted by Crippen LogP contribution is 2.16. The fraction of sp³-hybridized carbons (Fsp3) is 0. The van der Waals surface area contributed by atoms with Crippen LogP contribution >= 0.6 is 0 Å². The summed E-state index contributed by atoms with van der Waals surface area (Å²) in [5.41, 5.74) is 1.55. The minimum absolute atomic E-state index is 0.334. The highest BCUT2D eigenvalue weighted by Gasteiger charge is 2.01. The normalized spacial score (nSPS) is 11.1. The summed E-state index contributed by atoms with van der Waals surface area (Å²) in [5, 5.41) is 3.76. The molecule has 3 aromatic rings. The predicted octanol–water partition coefficient (Wildman–Crippen LogP) is 1.18. The molecule has 0 fully saturated rings. The summed E-state index contributed by atoms with van der Waals surface area (Å²) in [6, 6.07) is 9.85. The monoisotopic (exact) mass is 185 g/mol. The van der Waals surface area contributed by atoms with Crippen molar-refractivity contribution in [3.8, 4) is 0 Å². The lowest BCUT2D eigenvalue weighted by molar-refractivity contribution is 0.883. The van der Waals surface area contributed by atoms with Crippen molar-refractivity contribution in [2.45, 2.75) is 0 Å². The summed E-state index contributed by atoms with van der Waals surface area (Å²) in [6.45, 7) is 0. The van der Waals surface area contributed by atoms with Crippen LogP contribution in [0, 0.1) is 0 Å². The fourth-order valence-electron chi connectivity index (χ4n) is 1.65. The first-order valence-electron chi connectivity index (χ1n) is 4.30. The van der Waals surface area contributed by atoms with Gasteiger partial charge in [0.05, 0.1) is 17.2 Å². The van der Waals surface area contributed by atoms with Gasteiger partial charge in [-0.1, -0.05) is 18.2 Å². The number of aromatic nitrogens is 3. The van der Waals surface area contributed by atoms with Crippen LogP contribution in [0.15, 0.2) is 41.3 Å². The number of nitrogens with one attached hydrogen (secondary N) is 1. The largest absolute Gasteiger partial charge is 0.360 e. The lowest BCUT2D eigenvalue weighted by Gasteiger charge is -1.94. The number of rotatable bonds is 0. The standard InChI is InChI=1S/C10H7N3O/c14-10-11-6-8-5-7-3-1-2-4-9(7)13(8)12-10/h1-6H,(H,12,14). The molecule has 0 spiro atoms. The molecule has 0 aliphatic heterocycles. The topological polar surface area (TPSA) is 50.2 Å². The molecule has 0 bridgehead atoms. The molecule has 0 atom stereocenters. The van der Waals surface area contributed by atoms with Crippen molar-refractivity contribution in [2.75, 3.05) is 0 Å². The maximum Gasteiger partial charge on any atom is 0.360 e. The Morgan fingerprint density at radius 1 is 1.29 bits per heavy atom. The summed E-state index contributed by atoms with van der Waals surface area (Å²) in [7, 11) is 0. The molecule has 2 aromatic heterocycles. The molecule has 0 radical (unpaired) electrons. The molecule has 4 nitrogen and oxygen atoms in total. The third-order valence-corrected chi connectivity index (χ3v) is 2.26. The molecule has 4 heteroatoms. The van der Waals surface area contributed by atoms with E-state index in [2.05, 4.69) is 10.1 Å². The molecule has 0 amide bonds. The molecular weight excluding hydrogens is 178 g/mol. The Hall–Kier alpha value is -2.10. The van der Waals surface area contributed by atoms with E-state index >= 15 is 0 Å². The van der Waals surface area contributed by atoms with Crippen LogP contribution in [-0.4, -0.2) is 14.6 Å². The number of H-pyrrole nitrogens is 1. The van der Waals surface area contributed by atoms with Gasteiger partial charge in [0, 0.05) is 5.39 Å². The molecule has 0 saturated carbocycles. The molecule has 14 heavy (non-hydrogen) atoms. The van der Waals surface area contributed by atoms with E-state index in [-0.39, 0.29) is 5.69 Å². The van der Waals surface area contributed by atoms with E-state index in [0.717, 1.165) is 16.4 Å². The third kappa shape index (κ3) is 0.877. The van der Waals surface area contributed by atoms with E-state index in [0.29, 0.717) is 0 Å². The van der Waals surface area contributed by atoms with E-state index in [1.807, 2.05) is 30.3 Å². The van der Waals surface area contributed by atoms with E-state index in [9.17, 15) is 4.79 Å². The van der Waals surface area contributed by atoms with Crippen molar-refractivity contribution in [1.82, 2.24) is 14.6 Å². The van der Waals surface area contributed by atoms with Gasteiger partial charge in [-0.05, 0) is 12.1 Å². The van der Waals surface area contributed by atoms with Crippen molar-refractivity contribution in [1.29, 1.82) is 0 Å². The van der Waals surface area contributed by atoms with Gasteiger partial charge in [0.15, 0.2) is 0 Å². The zero-order chi connectivity index (χ0) is 9.54. The van der Waals surface area contributed by atoms with Crippen molar-refractivity contribution < 1.29 is 0 Å². The molecule has 1 N–H and O–H groups in total. The van der Waals surface area contributed by atoms with Gasteiger partial charge in [-0.2, -0.15) is 4.98 Å². The zero-order valence-electron chi connectivity index (χ0n) is 7.27. The van der Waals surface area contributed by atoms with Crippen molar-refractivity contribution >= 4 is 16.4 Å². The highest BCUT2D eigenvalue weighted by molar-refractivity contribution is 5.86. The summed E-state index contributed by atoms with van der Waals surface area (Å²) >= 11 is 0. The van der Waals surface area contributed by atoms with Gasteiger partial charge in [-0.15, -0.1) is 0 Å². The quantitative estimate of drug-likeness (QED) is 0.571. The maximum absolute atomic E-state index is 11.0. The van der Waals surface area contributed by atoms with Crippen LogP contribution in [0.4, 0.5) is 0 Å². The second kappa shape index (κ2) is 2.45. The summed E-state index contributed by atoms with van der Waals surface area (Å²) < 4.78 is 1.74. The van der Waals surface area contributed by atoms with Gasteiger partial charge < -0.3 is 0 Å². The lowest BCUT2D eigenvalue weighted by atomic mass is 10.2. The lowest BCUT2D eigenvalue weighted by Crippen LogP contribution is -2.13. The number of nitrogens with zero attached hydrogens (tertiary/aromatic N) is 2. The Bertz CT molecular complexity index is 665. The highest BCUT2D eigenvalue weighted by atomic mass is 16.1. The SMILES string of the molecule is O=c1ncc2cc3ccccc3n2[nH]1. The van der Waals surface area contributed by atoms with E-state index in [4.69, 9.17) is 0 Å². The van der Waals surface area contributed by atoms with Gasteiger partial charge in [0.25, 0.3) is 0 Å². The molecule has 0 aliphatic carbocycles. The number of benzene rings is 1. The average molecular weight is 185 g/mol. The first-order chi connectivity index (χ1) is 6.84. The molecular formula is C10H7N3O. The number of hydrogen-bond donors (Lipinski definition) is 1. The predicted molar refractivity (Wildman–Crippen MR) is 53.3 cm³/mol. The maximum atomic E-state index is 11.0. The molecule has 0 saturated heterocycles. The second-order valence-corrected chi connectivity index (χ2v) is 3.14. The van der Waals surface area contributed by atoms with Gasteiger partial charge >= 0.3 is 5.69 Å². The number of para-hydroxylation sites is 1. The Kier molecular flexibility index (Phi) is 1.28. The van der Waals surface area contributed by atoms with Gasteiger partial charge in [-0.3, -0.25) is 4.52 Å². The molecule has 68 valence electrons. The third-order valence-electron chi connectivity index (χ3n) is 2.26. The van der Waals surface area contributed by atoms with Gasteiger partial charge in [0.1, 0.15) is 0 Å². The van der Waals surface area contributed by atoms with Crippen LogP contribution in [-0.2, 0) is 0 Å². The Morgan fingerprint density at radius 3 is 3.07 bits per heavy atom. The van der Waals surface area contributed by atoms with Crippen LogP contribution in [0.5, 0.6) is 0 Å². The fourth-order valence-corrected chi connectivity index (χ4v) is 1.65. The molecule has 3 rings (SSSR count). The Balaban J connectivity index is 2.65. The molecule has 1 aromatic carbocycles. The number of fused-ring (bicyclic) bond motifs is 3. The zero-order valence-corrected chi connectivity index (χ0v) is 7.27. The Labute approximate surface area is 78.8 Å². The van der Waals surface area contributed by atoms with Crippen LogP contribution < -0.4 is 5.69 Å². The van der Waals surface area contributed by atoms with Crippen LogP contribution in [0.2, 0.25) is 0 Å². The summed E-state index contributed by atoms with van der Waals surface area (Å²) in [4.78, 5) is 14.7. The first-order valence-corrected chi connectivity index (χ1v) is 4.30. The molecule has 0 aliphatic rings. The van der Waals surface area contributed by atoms with Crippen LogP contribution in [0.3, 0.4) is 0 Å². The summed E-state index contributed by atoms with van der Waals surface area (Å²) in [6.07, 6.45) is 1.57.